The van der Waals surface area contributed by atoms with Crippen molar-refractivity contribution in [1.82, 2.24) is 5.32 Å². The summed E-state index contributed by atoms with van der Waals surface area (Å²) in [5, 5.41) is 3.33. The van der Waals surface area contributed by atoms with Crippen molar-refractivity contribution >= 4 is 0 Å². The standard InChI is InChI=1S/C35H71NO13/c1-2-3-4-5-10-37-11-12-38-13-14-39-15-16-40-17-18-41-19-20-42-21-22-43-23-24-44-25-26-45-27-28-46-29-30-47-31-32-48-33-34-49-35-6-8-36-9-7-35/h35-36H,2-34H2,1H3. The molecule has 1 aliphatic rings. The Bertz CT molecular complexity index is 606. The molecule has 1 rings (SSSR count). The first-order valence-corrected chi connectivity index (χ1v) is 18.7. The number of hydrogen-bond acceptors (Lipinski definition) is 14. The highest BCUT2D eigenvalue weighted by atomic mass is 16.6. The average Bonchev–Trinajstić information content (AvgIpc) is 3.12. The van der Waals surface area contributed by atoms with Crippen LogP contribution in [-0.4, -0.2) is 184 Å². The molecule has 1 aliphatic heterocycles. The number of nitrogens with one attached hydrogen (secondary N) is 1. The predicted molar refractivity (Wildman–Crippen MR) is 186 cm³/mol. The summed E-state index contributed by atoms with van der Waals surface area (Å²) < 4.78 is 71.8. The minimum atomic E-state index is 0.372. The van der Waals surface area contributed by atoms with Crippen LogP contribution in [0.15, 0.2) is 0 Å². The van der Waals surface area contributed by atoms with Crippen molar-refractivity contribution in [3.8, 4) is 0 Å². The quantitative estimate of drug-likeness (QED) is 0.0930. The zero-order valence-electron chi connectivity index (χ0n) is 30.7. The summed E-state index contributed by atoms with van der Waals surface area (Å²) in [7, 11) is 0. The Morgan fingerprint density at radius 3 is 0.878 bits per heavy atom. The Balaban J connectivity index is 1.59. The van der Waals surface area contributed by atoms with Gasteiger partial charge in [0.2, 0.25) is 0 Å². The van der Waals surface area contributed by atoms with Crippen LogP contribution in [0, 0.1) is 0 Å². The number of ether oxygens (including phenoxy) is 13. The van der Waals surface area contributed by atoms with Gasteiger partial charge in [-0.2, -0.15) is 0 Å². The molecule has 0 aliphatic carbocycles. The Morgan fingerprint density at radius 1 is 0.327 bits per heavy atom. The maximum Gasteiger partial charge on any atom is 0.0704 e. The molecular formula is C35H71NO13. The molecule has 0 spiro atoms. The van der Waals surface area contributed by atoms with Gasteiger partial charge in [-0.15, -0.1) is 0 Å². The molecule has 0 bridgehead atoms. The van der Waals surface area contributed by atoms with Gasteiger partial charge in [0.15, 0.2) is 0 Å². The predicted octanol–water partition coefficient (Wildman–Crippen LogP) is 2.53. The molecule has 0 aromatic carbocycles. The third kappa shape index (κ3) is 38.5. The Morgan fingerprint density at radius 2 is 0.592 bits per heavy atom. The molecule has 0 unspecified atom stereocenters. The van der Waals surface area contributed by atoms with Gasteiger partial charge >= 0.3 is 0 Å². The molecule has 0 amide bonds. The molecular weight excluding hydrogens is 642 g/mol. The highest BCUT2D eigenvalue weighted by Crippen LogP contribution is 2.06. The normalized spacial score (nSPS) is 13.9. The van der Waals surface area contributed by atoms with Crippen LogP contribution in [0.3, 0.4) is 0 Å². The highest BCUT2D eigenvalue weighted by Gasteiger charge is 2.12. The van der Waals surface area contributed by atoms with Crippen molar-refractivity contribution in [3.05, 3.63) is 0 Å². The van der Waals surface area contributed by atoms with Gasteiger partial charge in [-0.05, 0) is 32.4 Å². The van der Waals surface area contributed by atoms with E-state index < -0.39 is 0 Å². The Labute approximate surface area is 296 Å². The van der Waals surface area contributed by atoms with Crippen molar-refractivity contribution in [3.63, 3.8) is 0 Å². The van der Waals surface area contributed by atoms with Crippen LogP contribution in [0.2, 0.25) is 0 Å². The van der Waals surface area contributed by atoms with Crippen molar-refractivity contribution in [2.75, 3.05) is 178 Å². The highest BCUT2D eigenvalue weighted by molar-refractivity contribution is 4.67. The average molecular weight is 714 g/mol. The van der Waals surface area contributed by atoms with Crippen LogP contribution >= 0.6 is 0 Å². The van der Waals surface area contributed by atoms with E-state index in [1.165, 1.54) is 19.3 Å². The summed E-state index contributed by atoms with van der Waals surface area (Å²) >= 11 is 0. The first kappa shape index (κ1) is 46.5. The van der Waals surface area contributed by atoms with E-state index in [0.717, 1.165) is 39.0 Å². The zero-order chi connectivity index (χ0) is 34.8. The molecule has 1 N–H and O–H groups in total. The first-order valence-electron chi connectivity index (χ1n) is 18.7. The fraction of sp³-hybridized carbons (Fsp3) is 1.00. The smallest absolute Gasteiger partial charge is 0.0704 e. The molecule has 0 radical (unpaired) electrons. The van der Waals surface area contributed by atoms with E-state index in [9.17, 15) is 0 Å². The molecule has 1 heterocycles. The van der Waals surface area contributed by atoms with E-state index in [4.69, 9.17) is 61.6 Å². The molecule has 14 nitrogen and oxygen atoms in total. The second-order valence-electron chi connectivity index (χ2n) is 11.2. The van der Waals surface area contributed by atoms with E-state index in [2.05, 4.69) is 12.2 Å². The first-order chi connectivity index (χ1) is 24.4. The summed E-state index contributed by atoms with van der Waals surface area (Å²) in [4.78, 5) is 0. The molecule has 14 heteroatoms. The lowest BCUT2D eigenvalue weighted by Crippen LogP contribution is -2.33. The van der Waals surface area contributed by atoms with Crippen LogP contribution in [0.25, 0.3) is 0 Å². The minimum absolute atomic E-state index is 0.372. The van der Waals surface area contributed by atoms with Gasteiger partial charge in [0, 0.05) is 6.61 Å². The summed E-state index contributed by atoms with van der Waals surface area (Å²) in [6, 6.07) is 0. The van der Waals surface area contributed by atoms with Crippen LogP contribution < -0.4 is 5.32 Å². The van der Waals surface area contributed by atoms with Crippen molar-refractivity contribution in [2.45, 2.75) is 51.6 Å². The number of rotatable bonds is 42. The van der Waals surface area contributed by atoms with Gasteiger partial charge in [-0.1, -0.05) is 26.2 Å². The lowest BCUT2D eigenvalue weighted by Gasteiger charge is -2.22. The maximum atomic E-state index is 5.79. The molecule has 1 saturated heterocycles. The van der Waals surface area contributed by atoms with Crippen LogP contribution in [0.1, 0.15) is 45.4 Å². The van der Waals surface area contributed by atoms with Crippen LogP contribution in [0.4, 0.5) is 0 Å². The summed E-state index contributed by atoms with van der Waals surface area (Å²) in [5.41, 5.74) is 0. The summed E-state index contributed by atoms with van der Waals surface area (Å²) in [5.74, 6) is 0. The van der Waals surface area contributed by atoms with Crippen molar-refractivity contribution in [2.24, 2.45) is 0 Å². The molecule has 0 saturated carbocycles. The topological polar surface area (TPSA) is 132 Å². The second-order valence-corrected chi connectivity index (χ2v) is 11.2. The number of piperidine rings is 1. The Kier molecular flexibility index (Phi) is 39.7. The monoisotopic (exact) mass is 713 g/mol. The Hall–Kier alpha value is -0.560. The fourth-order valence-corrected chi connectivity index (χ4v) is 4.39. The summed E-state index contributed by atoms with van der Waals surface area (Å²) in [6.07, 6.45) is 7.43. The SMILES string of the molecule is CCCCCCOCCOCCOCCOCCOCCOCCOCCOCCOCCOCCOCCOCCOC1CCNCC1. The zero-order valence-corrected chi connectivity index (χ0v) is 30.7. The minimum Gasteiger partial charge on any atom is -0.379 e. The van der Waals surface area contributed by atoms with Crippen molar-refractivity contribution < 1.29 is 61.6 Å². The number of unbranched alkanes of at least 4 members (excludes halogenated alkanes) is 3. The fourth-order valence-electron chi connectivity index (χ4n) is 4.39. The molecule has 0 aromatic rings. The van der Waals surface area contributed by atoms with E-state index >= 15 is 0 Å². The van der Waals surface area contributed by atoms with Gasteiger partial charge in [-0.3, -0.25) is 0 Å². The van der Waals surface area contributed by atoms with E-state index in [1.807, 2.05) is 0 Å². The molecule has 0 atom stereocenters. The van der Waals surface area contributed by atoms with Crippen molar-refractivity contribution in [1.29, 1.82) is 0 Å². The molecule has 294 valence electrons. The summed E-state index contributed by atoms with van der Waals surface area (Å²) in [6.45, 7) is 18.3. The van der Waals surface area contributed by atoms with Gasteiger partial charge in [-0.25, -0.2) is 0 Å². The third-order valence-corrected chi connectivity index (χ3v) is 7.10. The molecule has 1 fully saturated rings. The van der Waals surface area contributed by atoms with Gasteiger partial charge in [0.1, 0.15) is 0 Å². The lowest BCUT2D eigenvalue weighted by atomic mass is 10.1. The van der Waals surface area contributed by atoms with Gasteiger partial charge in [0.05, 0.1) is 165 Å². The number of hydrogen-bond donors (Lipinski definition) is 1. The van der Waals surface area contributed by atoms with Crippen LogP contribution in [-0.2, 0) is 61.6 Å². The maximum absolute atomic E-state index is 5.79. The third-order valence-electron chi connectivity index (χ3n) is 7.10. The molecule has 0 aromatic heterocycles. The second kappa shape index (κ2) is 41.9. The van der Waals surface area contributed by atoms with Gasteiger partial charge < -0.3 is 66.9 Å². The van der Waals surface area contributed by atoms with Gasteiger partial charge in [0.25, 0.3) is 0 Å². The van der Waals surface area contributed by atoms with E-state index in [1.54, 1.807) is 0 Å². The van der Waals surface area contributed by atoms with Crippen LogP contribution in [0.5, 0.6) is 0 Å². The lowest BCUT2D eigenvalue weighted by molar-refractivity contribution is -0.0327. The van der Waals surface area contributed by atoms with E-state index in [-0.39, 0.29) is 0 Å². The molecule has 49 heavy (non-hydrogen) atoms. The largest absolute Gasteiger partial charge is 0.379 e. The van der Waals surface area contributed by atoms with E-state index in [0.29, 0.717) is 165 Å².